The number of nitrogens with one attached hydrogen (secondary N) is 4. The second-order valence-electron chi connectivity index (χ2n) is 5.18. The molecule has 0 aliphatic rings. The van der Waals surface area contributed by atoms with Crippen molar-refractivity contribution >= 4 is 92.8 Å². The van der Waals surface area contributed by atoms with Crippen LogP contribution in [0.25, 0.3) is 0 Å². The average Bonchev–Trinajstić information content (AvgIpc) is 2.44. The van der Waals surface area contributed by atoms with Gasteiger partial charge in [-0.25, -0.2) is 0 Å². The summed E-state index contributed by atoms with van der Waals surface area (Å²) >= 11 is 35.4. The molecule has 146 valence electrons. The topological polar surface area (TPSA) is 82.3 Å². The zero-order chi connectivity index (χ0) is 20.1. The van der Waals surface area contributed by atoms with Gasteiger partial charge in [0.1, 0.15) is 12.3 Å². The van der Waals surface area contributed by atoms with Crippen molar-refractivity contribution < 1.29 is 9.59 Å². The molecule has 0 aromatic heterocycles. The molecule has 1 aromatic rings. The monoisotopic (exact) mass is 482 g/mol. The Bertz CT molecular complexity index is 592. The Morgan fingerprint density at radius 3 is 1.31 bits per heavy atom. The smallest absolute Gasteiger partial charge is 0.228 e. The van der Waals surface area contributed by atoms with Crippen molar-refractivity contribution in [2.75, 3.05) is 10.6 Å². The zero-order valence-electron chi connectivity index (χ0n) is 13.5. The molecule has 2 unspecified atom stereocenters. The van der Waals surface area contributed by atoms with E-state index in [2.05, 4.69) is 21.3 Å². The molecule has 26 heavy (non-hydrogen) atoms. The van der Waals surface area contributed by atoms with Gasteiger partial charge in [-0.3, -0.25) is 9.59 Å². The molecule has 0 heterocycles. The van der Waals surface area contributed by atoms with E-state index in [9.17, 15) is 9.59 Å². The first-order chi connectivity index (χ1) is 11.8. The summed E-state index contributed by atoms with van der Waals surface area (Å²) in [5.41, 5.74) is 0.865. The summed E-state index contributed by atoms with van der Waals surface area (Å²) in [5, 5.41) is 10.8. The second-order valence-corrected chi connectivity index (χ2v) is 9.92. The summed E-state index contributed by atoms with van der Waals surface area (Å²) in [6, 6.07) is 6.71. The van der Waals surface area contributed by atoms with Crippen LogP contribution in [0, 0.1) is 0 Å². The molecule has 4 N–H and O–H groups in total. The number of benzene rings is 1. The molecule has 2 atom stereocenters. The lowest BCUT2D eigenvalue weighted by Crippen LogP contribution is -2.49. The Morgan fingerprint density at radius 2 is 1.08 bits per heavy atom. The van der Waals surface area contributed by atoms with E-state index < -0.39 is 31.7 Å². The van der Waals surface area contributed by atoms with Gasteiger partial charge < -0.3 is 21.3 Å². The third-order valence-electron chi connectivity index (χ3n) is 2.88. The van der Waals surface area contributed by atoms with Gasteiger partial charge in [0.15, 0.2) is 0 Å². The quantitative estimate of drug-likeness (QED) is 0.361. The van der Waals surface area contributed by atoms with E-state index in [1.54, 1.807) is 24.3 Å². The minimum Gasteiger partial charge on any atom is -0.360 e. The fourth-order valence-electron chi connectivity index (χ4n) is 1.85. The molecule has 2 amide bonds. The van der Waals surface area contributed by atoms with E-state index in [1.165, 1.54) is 13.8 Å². The van der Waals surface area contributed by atoms with Crippen LogP contribution in [0.1, 0.15) is 13.8 Å². The average molecular weight is 485 g/mol. The second kappa shape index (κ2) is 9.62. The first-order valence-electron chi connectivity index (χ1n) is 7.10. The summed E-state index contributed by atoms with van der Waals surface area (Å²) in [4.78, 5) is 22.7. The number of hydrogen-bond acceptors (Lipinski definition) is 4. The highest BCUT2D eigenvalue weighted by Gasteiger charge is 2.36. The van der Waals surface area contributed by atoms with Crippen LogP contribution in [-0.4, -0.2) is 31.7 Å². The number of rotatable bonds is 6. The van der Waals surface area contributed by atoms with Gasteiger partial charge in [-0.1, -0.05) is 81.7 Å². The molecule has 1 rings (SSSR count). The molecular formula is C14H16Cl6N4O2. The first kappa shape index (κ1) is 23.5. The zero-order valence-corrected chi connectivity index (χ0v) is 18.1. The Kier molecular flexibility index (Phi) is 8.71. The van der Waals surface area contributed by atoms with Crippen LogP contribution in [0.3, 0.4) is 0 Å². The lowest BCUT2D eigenvalue weighted by atomic mass is 10.2. The van der Waals surface area contributed by atoms with Gasteiger partial charge in [0, 0.05) is 13.8 Å². The van der Waals surface area contributed by atoms with Crippen LogP contribution in [0.5, 0.6) is 0 Å². The van der Waals surface area contributed by atoms with Crippen LogP contribution in [-0.2, 0) is 9.59 Å². The largest absolute Gasteiger partial charge is 0.360 e. The first-order valence-corrected chi connectivity index (χ1v) is 9.37. The van der Waals surface area contributed by atoms with Gasteiger partial charge >= 0.3 is 0 Å². The SMILES string of the molecule is CC(=O)NC(Nc1ccccc1NC(NC(C)=O)C(Cl)(Cl)Cl)C(Cl)(Cl)Cl. The molecule has 0 radical (unpaired) electrons. The van der Waals surface area contributed by atoms with Gasteiger partial charge in [0.25, 0.3) is 0 Å². The van der Waals surface area contributed by atoms with Crippen LogP contribution < -0.4 is 21.3 Å². The van der Waals surface area contributed by atoms with Crippen molar-refractivity contribution in [2.24, 2.45) is 0 Å². The van der Waals surface area contributed by atoms with Crippen LogP contribution in [0.15, 0.2) is 24.3 Å². The van der Waals surface area contributed by atoms with E-state index in [4.69, 9.17) is 69.6 Å². The van der Waals surface area contributed by atoms with E-state index in [0.29, 0.717) is 11.4 Å². The number of anilines is 2. The van der Waals surface area contributed by atoms with Crippen molar-refractivity contribution in [3.8, 4) is 0 Å². The number of hydrogen-bond donors (Lipinski definition) is 4. The summed E-state index contributed by atoms with van der Waals surface area (Å²) < 4.78 is -3.68. The molecule has 6 nitrogen and oxygen atoms in total. The minimum atomic E-state index is -1.84. The van der Waals surface area contributed by atoms with E-state index in [-0.39, 0.29) is 0 Å². The Labute approximate surface area is 181 Å². The number of carbonyl (C=O) groups is 2. The lowest BCUT2D eigenvalue weighted by molar-refractivity contribution is -0.120. The predicted octanol–water partition coefficient (Wildman–Crippen LogP) is 4.18. The van der Waals surface area contributed by atoms with Gasteiger partial charge in [-0.2, -0.15) is 0 Å². The van der Waals surface area contributed by atoms with Crippen LogP contribution in [0.2, 0.25) is 0 Å². The van der Waals surface area contributed by atoms with Gasteiger partial charge in [0.2, 0.25) is 19.4 Å². The maximum Gasteiger partial charge on any atom is 0.228 e. The fraction of sp³-hybridized carbons (Fsp3) is 0.429. The maximum atomic E-state index is 11.4. The molecule has 0 aliphatic heterocycles. The molecule has 0 spiro atoms. The molecule has 0 saturated carbocycles. The molecular weight excluding hydrogens is 469 g/mol. The Morgan fingerprint density at radius 1 is 0.769 bits per heavy atom. The molecule has 0 bridgehead atoms. The highest BCUT2D eigenvalue weighted by atomic mass is 35.6. The van der Waals surface area contributed by atoms with Crippen molar-refractivity contribution in [1.29, 1.82) is 0 Å². The molecule has 0 fully saturated rings. The summed E-state index contributed by atoms with van der Waals surface area (Å²) in [5.74, 6) is -0.812. The third kappa shape index (κ3) is 8.03. The molecule has 12 heteroatoms. The fourth-order valence-corrected chi connectivity index (χ4v) is 2.51. The van der Waals surface area contributed by atoms with Crippen LogP contribution >= 0.6 is 69.6 Å². The molecule has 0 saturated heterocycles. The van der Waals surface area contributed by atoms with Gasteiger partial charge in [-0.15, -0.1) is 0 Å². The number of para-hydroxylation sites is 2. The van der Waals surface area contributed by atoms with Crippen molar-refractivity contribution in [1.82, 2.24) is 10.6 Å². The van der Waals surface area contributed by atoms with Crippen molar-refractivity contribution in [3.05, 3.63) is 24.3 Å². The van der Waals surface area contributed by atoms with Crippen LogP contribution in [0.4, 0.5) is 11.4 Å². The van der Waals surface area contributed by atoms with Gasteiger partial charge in [-0.05, 0) is 12.1 Å². The normalized spacial score (nSPS) is 14.2. The van der Waals surface area contributed by atoms with Crippen molar-refractivity contribution in [3.63, 3.8) is 0 Å². The number of amides is 2. The summed E-state index contributed by atoms with van der Waals surface area (Å²) in [6.07, 6.45) is -2.08. The number of alkyl halides is 6. The third-order valence-corrected chi connectivity index (χ3v) is 4.19. The standard InChI is InChI=1S/C14H16Cl6N4O2/c1-7(25)21-11(13(15,16)17)23-9-5-3-4-6-10(9)24-12(14(18,19)20)22-8(2)26/h3-6,11-12,23-24H,1-2H3,(H,21,25)(H,22,26). The Hall–Kier alpha value is -0.500. The molecule has 0 aliphatic carbocycles. The lowest BCUT2D eigenvalue weighted by Gasteiger charge is -2.30. The summed E-state index contributed by atoms with van der Waals surface area (Å²) in [6.45, 7) is 2.57. The predicted molar refractivity (Wildman–Crippen MR) is 109 cm³/mol. The minimum absolute atomic E-state index is 0.406. The van der Waals surface area contributed by atoms with Gasteiger partial charge in [0.05, 0.1) is 11.4 Å². The summed E-state index contributed by atoms with van der Waals surface area (Å²) in [7, 11) is 0. The molecule has 1 aromatic carbocycles. The van der Waals surface area contributed by atoms with Crippen molar-refractivity contribution in [2.45, 2.75) is 33.8 Å². The Balaban J connectivity index is 3.12. The highest BCUT2D eigenvalue weighted by molar-refractivity contribution is 6.68. The number of carbonyl (C=O) groups excluding carboxylic acids is 2. The van der Waals surface area contributed by atoms with E-state index >= 15 is 0 Å². The number of halogens is 6. The maximum absolute atomic E-state index is 11.4. The van der Waals surface area contributed by atoms with E-state index in [1.807, 2.05) is 0 Å². The van der Waals surface area contributed by atoms with E-state index in [0.717, 1.165) is 0 Å². The highest BCUT2D eigenvalue weighted by Crippen LogP contribution is 2.35.